The van der Waals surface area contributed by atoms with Gasteiger partial charge in [0, 0.05) is 4.47 Å². The van der Waals surface area contributed by atoms with Gasteiger partial charge in [-0.3, -0.25) is 0 Å². The first-order valence-corrected chi connectivity index (χ1v) is 6.75. The van der Waals surface area contributed by atoms with Gasteiger partial charge in [0.25, 0.3) is 0 Å². The second-order valence-electron chi connectivity index (χ2n) is 3.90. The summed E-state index contributed by atoms with van der Waals surface area (Å²) < 4.78 is 11.5. The van der Waals surface area contributed by atoms with Gasteiger partial charge in [-0.15, -0.1) is 0 Å². The van der Waals surface area contributed by atoms with Crippen molar-refractivity contribution in [2.75, 3.05) is 12.3 Å². The van der Waals surface area contributed by atoms with Gasteiger partial charge in [0.15, 0.2) is 0 Å². The number of hydrogen-bond acceptors (Lipinski definition) is 5. The number of halogens is 1. The maximum atomic E-state index is 11.9. The molecule has 0 saturated carbocycles. The van der Waals surface area contributed by atoms with E-state index in [1.807, 2.05) is 12.1 Å². The summed E-state index contributed by atoms with van der Waals surface area (Å²) in [6.07, 6.45) is 1.43. The minimum Gasteiger partial charge on any atom is -0.462 e. The van der Waals surface area contributed by atoms with Crippen LogP contribution in [-0.4, -0.2) is 17.6 Å². The molecule has 0 amide bonds. The number of nitrogen functional groups attached to an aromatic ring is 1. The second kappa shape index (κ2) is 6.38. The number of nitrogens with zero attached hydrogens (tertiary/aromatic N) is 1. The lowest BCUT2D eigenvalue weighted by molar-refractivity contribution is 0.0523. The molecule has 0 bridgehead atoms. The summed E-state index contributed by atoms with van der Waals surface area (Å²) in [7, 11) is 0. The van der Waals surface area contributed by atoms with Crippen LogP contribution in [0.25, 0.3) is 0 Å². The van der Waals surface area contributed by atoms with Crippen LogP contribution in [0.15, 0.2) is 41.0 Å². The second-order valence-corrected chi connectivity index (χ2v) is 4.81. The van der Waals surface area contributed by atoms with E-state index in [-0.39, 0.29) is 18.1 Å². The number of carbonyl (C=O) groups is 1. The number of nitrogens with two attached hydrogens (primary N) is 1. The summed E-state index contributed by atoms with van der Waals surface area (Å²) in [6, 6.07) is 8.67. The van der Waals surface area contributed by atoms with Crippen LogP contribution < -0.4 is 10.5 Å². The highest BCUT2D eigenvalue weighted by molar-refractivity contribution is 9.10. The molecule has 2 aromatic rings. The number of anilines is 1. The monoisotopic (exact) mass is 336 g/mol. The number of benzene rings is 1. The van der Waals surface area contributed by atoms with Crippen LogP contribution in [0.5, 0.6) is 11.6 Å². The maximum absolute atomic E-state index is 11.9. The fraction of sp³-hybridized carbons (Fsp3) is 0.143. The molecule has 1 aromatic carbocycles. The van der Waals surface area contributed by atoms with Gasteiger partial charge < -0.3 is 15.2 Å². The van der Waals surface area contributed by atoms with Gasteiger partial charge in [0.1, 0.15) is 11.3 Å². The van der Waals surface area contributed by atoms with Crippen LogP contribution in [0, 0.1) is 0 Å². The molecule has 20 heavy (non-hydrogen) atoms. The number of hydrogen-bond donors (Lipinski definition) is 1. The topological polar surface area (TPSA) is 74.4 Å². The van der Waals surface area contributed by atoms with E-state index in [0.29, 0.717) is 11.4 Å². The molecule has 2 N–H and O–H groups in total. The Hall–Kier alpha value is -2.08. The van der Waals surface area contributed by atoms with E-state index in [1.165, 1.54) is 12.3 Å². The maximum Gasteiger partial charge on any atom is 0.343 e. The molecule has 1 aromatic heterocycles. The Morgan fingerprint density at radius 3 is 2.70 bits per heavy atom. The quantitative estimate of drug-likeness (QED) is 0.866. The van der Waals surface area contributed by atoms with E-state index in [0.717, 1.165) is 4.47 Å². The molecule has 0 fully saturated rings. The van der Waals surface area contributed by atoms with Crippen LogP contribution in [0.1, 0.15) is 17.3 Å². The lowest BCUT2D eigenvalue weighted by Crippen LogP contribution is -2.08. The molecule has 0 aliphatic rings. The molecule has 6 heteroatoms. The SMILES string of the molecule is CCOC(=O)c1cc(N)cnc1Oc1ccc(Br)cc1. The third kappa shape index (κ3) is 3.48. The van der Waals surface area contributed by atoms with Crippen LogP contribution in [-0.2, 0) is 4.74 Å². The number of aromatic nitrogens is 1. The third-order valence-electron chi connectivity index (χ3n) is 2.40. The molecule has 0 unspecified atom stereocenters. The summed E-state index contributed by atoms with van der Waals surface area (Å²) in [5, 5.41) is 0. The van der Waals surface area contributed by atoms with Crippen molar-refractivity contribution in [1.82, 2.24) is 4.98 Å². The van der Waals surface area contributed by atoms with Gasteiger partial charge >= 0.3 is 5.97 Å². The molecule has 0 atom stereocenters. The average molecular weight is 337 g/mol. The summed E-state index contributed by atoms with van der Waals surface area (Å²) in [5.41, 5.74) is 6.22. The number of ether oxygens (including phenoxy) is 2. The van der Waals surface area contributed by atoms with Crippen molar-refractivity contribution in [3.63, 3.8) is 0 Å². The van der Waals surface area contributed by atoms with Crippen molar-refractivity contribution >= 4 is 27.6 Å². The van der Waals surface area contributed by atoms with E-state index in [1.54, 1.807) is 19.1 Å². The first kappa shape index (κ1) is 14.3. The highest BCUT2D eigenvalue weighted by Crippen LogP contribution is 2.26. The third-order valence-corrected chi connectivity index (χ3v) is 2.92. The highest BCUT2D eigenvalue weighted by Gasteiger charge is 2.16. The number of esters is 1. The lowest BCUT2D eigenvalue weighted by atomic mass is 10.2. The van der Waals surface area contributed by atoms with Crippen molar-refractivity contribution < 1.29 is 14.3 Å². The standard InChI is InChI=1S/C14H13BrN2O3/c1-2-19-14(18)12-7-10(16)8-17-13(12)20-11-5-3-9(15)4-6-11/h3-8H,2,16H2,1H3. The van der Waals surface area contributed by atoms with Gasteiger partial charge in [-0.25, -0.2) is 9.78 Å². The first-order valence-electron chi connectivity index (χ1n) is 5.96. The lowest BCUT2D eigenvalue weighted by Gasteiger charge is -2.10. The molecule has 0 radical (unpaired) electrons. The Kier molecular flexibility index (Phi) is 4.57. The Morgan fingerprint density at radius 2 is 2.05 bits per heavy atom. The van der Waals surface area contributed by atoms with Crippen LogP contribution in [0.3, 0.4) is 0 Å². The predicted molar refractivity (Wildman–Crippen MR) is 78.8 cm³/mol. The van der Waals surface area contributed by atoms with Gasteiger partial charge in [0.2, 0.25) is 5.88 Å². The largest absolute Gasteiger partial charge is 0.462 e. The molecule has 104 valence electrons. The van der Waals surface area contributed by atoms with Crippen molar-refractivity contribution in [2.45, 2.75) is 6.92 Å². The van der Waals surface area contributed by atoms with E-state index in [9.17, 15) is 4.79 Å². The molecule has 0 aliphatic carbocycles. The van der Waals surface area contributed by atoms with Crippen molar-refractivity contribution in [2.24, 2.45) is 0 Å². The number of pyridine rings is 1. The zero-order chi connectivity index (χ0) is 14.5. The predicted octanol–water partition coefficient (Wildman–Crippen LogP) is 3.40. The van der Waals surface area contributed by atoms with Crippen LogP contribution in [0.4, 0.5) is 5.69 Å². The number of carbonyl (C=O) groups excluding carboxylic acids is 1. The molecule has 0 spiro atoms. The Balaban J connectivity index is 2.31. The van der Waals surface area contributed by atoms with Gasteiger partial charge in [0.05, 0.1) is 18.5 Å². The summed E-state index contributed by atoms with van der Waals surface area (Å²) in [6.45, 7) is 2.00. The molecule has 0 aliphatic heterocycles. The van der Waals surface area contributed by atoms with Crippen molar-refractivity contribution in [3.05, 3.63) is 46.6 Å². The molecule has 2 rings (SSSR count). The summed E-state index contributed by atoms with van der Waals surface area (Å²) >= 11 is 3.34. The van der Waals surface area contributed by atoms with Crippen LogP contribution >= 0.6 is 15.9 Å². The minimum absolute atomic E-state index is 0.167. The molecule has 1 heterocycles. The Labute approximate surface area is 124 Å². The molecule has 5 nitrogen and oxygen atoms in total. The van der Waals surface area contributed by atoms with Crippen LogP contribution in [0.2, 0.25) is 0 Å². The summed E-state index contributed by atoms with van der Waals surface area (Å²) in [5.74, 6) is 0.218. The summed E-state index contributed by atoms with van der Waals surface area (Å²) in [4.78, 5) is 15.9. The van der Waals surface area contributed by atoms with E-state index in [4.69, 9.17) is 15.2 Å². The average Bonchev–Trinajstić information content (AvgIpc) is 2.43. The van der Waals surface area contributed by atoms with E-state index in [2.05, 4.69) is 20.9 Å². The fourth-order valence-electron chi connectivity index (χ4n) is 1.52. The highest BCUT2D eigenvalue weighted by atomic mass is 79.9. The normalized spacial score (nSPS) is 10.1. The zero-order valence-electron chi connectivity index (χ0n) is 10.8. The molecular formula is C14H13BrN2O3. The fourth-order valence-corrected chi connectivity index (χ4v) is 1.78. The smallest absolute Gasteiger partial charge is 0.343 e. The van der Waals surface area contributed by atoms with Crippen molar-refractivity contribution in [1.29, 1.82) is 0 Å². The molecular weight excluding hydrogens is 324 g/mol. The van der Waals surface area contributed by atoms with E-state index >= 15 is 0 Å². The van der Waals surface area contributed by atoms with E-state index < -0.39 is 5.97 Å². The van der Waals surface area contributed by atoms with Crippen molar-refractivity contribution in [3.8, 4) is 11.6 Å². The Morgan fingerprint density at radius 1 is 1.35 bits per heavy atom. The zero-order valence-corrected chi connectivity index (χ0v) is 12.4. The van der Waals surface area contributed by atoms with Gasteiger partial charge in [-0.05, 0) is 37.3 Å². The Bertz CT molecular complexity index is 614. The molecule has 0 saturated heterocycles. The van der Waals surface area contributed by atoms with Gasteiger partial charge in [-0.2, -0.15) is 0 Å². The van der Waals surface area contributed by atoms with Gasteiger partial charge in [-0.1, -0.05) is 15.9 Å². The first-order chi connectivity index (χ1) is 9.60. The minimum atomic E-state index is -0.514. The number of rotatable bonds is 4.